The highest BCUT2D eigenvalue weighted by Gasteiger charge is 2.32. The summed E-state index contributed by atoms with van der Waals surface area (Å²) in [5.74, 6) is -5.64. The molecule has 0 atom stereocenters. The van der Waals surface area contributed by atoms with Gasteiger partial charge in [-0.15, -0.1) is 0 Å². The van der Waals surface area contributed by atoms with Crippen molar-refractivity contribution in [1.29, 1.82) is 0 Å². The predicted octanol–water partition coefficient (Wildman–Crippen LogP) is 1.81. The molecule has 18 heteroatoms. The van der Waals surface area contributed by atoms with E-state index in [1.807, 2.05) is 0 Å². The van der Waals surface area contributed by atoms with E-state index in [2.05, 4.69) is 0 Å². The molecule has 0 aliphatic heterocycles. The molecule has 2 aromatic rings. The van der Waals surface area contributed by atoms with E-state index in [1.165, 1.54) is 0 Å². The molecule has 0 bridgehead atoms. The van der Waals surface area contributed by atoms with Crippen LogP contribution in [0.25, 0.3) is 0 Å². The lowest BCUT2D eigenvalue weighted by Crippen LogP contribution is -2.02. The van der Waals surface area contributed by atoms with Gasteiger partial charge in [0.25, 0.3) is 5.69 Å². The van der Waals surface area contributed by atoms with Crippen molar-refractivity contribution in [1.82, 2.24) is 0 Å². The molecule has 18 nitrogen and oxygen atoms in total. The number of carboxylic acids is 2. The Morgan fingerprint density at radius 1 is 0.656 bits per heavy atom. The van der Waals surface area contributed by atoms with Crippen LogP contribution in [-0.4, -0.2) is 52.1 Å². The fourth-order valence-electron chi connectivity index (χ4n) is 2.08. The largest absolute Gasteiger partial charge is 0.501 e. The van der Waals surface area contributed by atoms with E-state index in [-0.39, 0.29) is 0 Å². The van der Waals surface area contributed by atoms with E-state index in [4.69, 9.17) is 10.2 Å². The molecule has 2 rings (SSSR count). The van der Waals surface area contributed by atoms with Gasteiger partial charge in [-0.2, -0.15) is 0 Å². The average molecular weight is 456 g/mol. The average Bonchev–Trinajstić information content (AvgIpc) is 2.66. The third-order valence-corrected chi connectivity index (χ3v) is 3.45. The number of carbonyl (C=O) groups is 2. The summed E-state index contributed by atoms with van der Waals surface area (Å²) in [6.07, 6.45) is 0. The van der Waals surface area contributed by atoms with Gasteiger partial charge in [0, 0.05) is 12.1 Å². The molecule has 0 unspecified atom stereocenters. The highest BCUT2D eigenvalue weighted by atomic mass is 16.6. The van der Waals surface area contributed by atoms with Gasteiger partial charge in [0.05, 0.1) is 25.8 Å². The zero-order valence-electron chi connectivity index (χ0n) is 15.0. The van der Waals surface area contributed by atoms with Crippen LogP contribution in [0.3, 0.4) is 0 Å². The molecule has 0 saturated heterocycles. The minimum atomic E-state index is -1.69. The van der Waals surface area contributed by atoms with Crippen LogP contribution in [0.5, 0.6) is 11.5 Å². The first-order chi connectivity index (χ1) is 14.7. The maximum atomic E-state index is 10.6. The van der Waals surface area contributed by atoms with Gasteiger partial charge in [-0.3, -0.25) is 40.5 Å². The number of nitro benzene ring substituents is 4. The van der Waals surface area contributed by atoms with Crippen molar-refractivity contribution in [3.8, 4) is 11.5 Å². The zero-order valence-corrected chi connectivity index (χ0v) is 15.0. The molecule has 2 aromatic carbocycles. The molecule has 0 aromatic heterocycles. The van der Waals surface area contributed by atoms with Crippen molar-refractivity contribution < 1.29 is 49.7 Å². The van der Waals surface area contributed by atoms with Gasteiger partial charge in [-0.05, 0) is 6.07 Å². The number of hydrogen-bond donors (Lipinski definition) is 4. The van der Waals surface area contributed by atoms with Crippen LogP contribution in [0.1, 0.15) is 20.7 Å². The van der Waals surface area contributed by atoms with Crippen LogP contribution < -0.4 is 0 Å². The van der Waals surface area contributed by atoms with Crippen molar-refractivity contribution >= 4 is 34.7 Å². The summed E-state index contributed by atoms with van der Waals surface area (Å²) in [7, 11) is 0. The number of nitro groups is 4. The standard InChI is InChI=1S/2C7H4N2O7/c10-6-4(7(11)12)1-3(8(13)14)2-5(6)9(15)16;10-6-3(7(11)12)1-2-4(8(13)14)5(6)9(15)16/h2*1-2,10H,(H,11,12). The molecule has 32 heavy (non-hydrogen) atoms. The van der Waals surface area contributed by atoms with E-state index in [0.717, 1.165) is 6.07 Å². The second kappa shape index (κ2) is 9.39. The minimum Gasteiger partial charge on any atom is -0.501 e. The van der Waals surface area contributed by atoms with Gasteiger partial charge in [-0.1, -0.05) is 0 Å². The molecule has 0 aliphatic rings. The Hall–Kier alpha value is -5.42. The molecule has 0 aliphatic carbocycles. The van der Waals surface area contributed by atoms with E-state index >= 15 is 0 Å². The Morgan fingerprint density at radius 3 is 1.53 bits per heavy atom. The summed E-state index contributed by atoms with van der Waals surface area (Å²) in [4.78, 5) is 58.4. The summed E-state index contributed by atoms with van der Waals surface area (Å²) < 4.78 is 0. The van der Waals surface area contributed by atoms with Crippen LogP contribution in [0.2, 0.25) is 0 Å². The third-order valence-electron chi connectivity index (χ3n) is 3.45. The molecular weight excluding hydrogens is 448 g/mol. The highest BCUT2D eigenvalue weighted by molar-refractivity contribution is 5.94. The predicted molar refractivity (Wildman–Crippen MR) is 96.7 cm³/mol. The number of hydrogen-bond acceptors (Lipinski definition) is 12. The number of benzene rings is 2. The number of carboxylic acid groups (broad SMARTS) is 2. The van der Waals surface area contributed by atoms with Crippen LogP contribution in [-0.2, 0) is 0 Å². The second-order valence-electron chi connectivity index (χ2n) is 5.33. The van der Waals surface area contributed by atoms with Gasteiger partial charge in [0.1, 0.15) is 11.1 Å². The van der Waals surface area contributed by atoms with Gasteiger partial charge < -0.3 is 20.4 Å². The first-order valence-electron chi connectivity index (χ1n) is 7.47. The van der Waals surface area contributed by atoms with Crippen LogP contribution in [0, 0.1) is 40.5 Å². The maximum absolute atomic E-state index is 10.6. The quantitative estimate of drug-likeness (QED) is 0.356. The van der Waals surface area contributed by atoms with Crippen LogP contribution in [0.4, 0.5) is 22.7 Å². The molecule has 0 spiro atoms. The van der Waals surface area contributed by atoms with E-state index in [0.29, 0.717) is 18.2 Å². The first-order valence-corrected chi connectivity index (χ1v) is 7.47. The van der Waals surface area contributed by atoms with E-state index in [9.17, 15) is 60.3 Å². The molecule has 0 radical (unpaired) electrons. The molecule has 0 heterocycles. The lowest BCUT2D eigenvalue weighted by atomic mass is 10.1. The number of nitrogens with zero attached hydrogens (tertiary/aromatic N) is 4. The number of phenols is 2. The first kappa shape index (κ1) is 24.6. The minimum absolute atomic E-state index is 0.488. The number of aromatic carboxylic acids is 2. The van der Waals surface area contributed by atoms with Crippen molar-refractivity contribution in [2.75, 3.05) is 0 Å². The zero-order chi connectivity index (χ0) is 24.9. The SMILES string of the molecule is O=C(O)c1cc([N+](=O)[O-])cc([N+](=O)[O-])c1O.O=C(O)c1ccc([N+](=O)[O-])c([N+](=O)[O-])c1O. The van der Waals surface area contributed by atoms with Gasteiger partial charge in [0.15, 0.2) is 0 Å². The Balaban J connectivity index is 0.000000320. The lowest BCUT2D eigenvalue weighted by Gasteiger charge is -2.00. The maximum Gasteiger partial charge on any atom is 0.388 e. The van der Waals surface area contributed by atoms with Crippen molar-refractivity contribution in [2.45, 2.75) is 0 Å². The Labute approximate surface area is 172 Å². The molecular formula is C14H8N4O14. The van der Waals surface area contributed by atoms with Crippen LogP contribution >= 0.6 is 0 Å². The third kappa shape index (κ3) is 5.14. The fourth-order valence-corrected chi connectivity index (χ4v) is 2.08. The van der Waals surface area contributed by atoms with Crippen molar-refractivity contribution in [2.24, 2.45) is 0 Å². The molecule has 4 N–H and O–H groups in total. The topological polar surface area (TPSA) is 288 Å². The molecule has 0 saturated carbocycles. The fraction of sp³-hybridized carbons (Fsp3) is 0. The van der Waals surface area contributed by atoms with Gasteiger partial charge in [0.2, 0.25) is 11.5 Å². The summed E-state index contributed by atoms with van der Waals surface area (Å²) in [6, 6.07) is 2.41. The Morgan fingerprint density at radius 2 is 1.16 bits per heavy atom. The van der Waals surface area contributed by atoms with Crippen molar-refractivity contribution in [3.63, 3.8) is 0 Å². The second-order valence-corrected chi connectivity index (χ2v) is 5.33. The van der Waals surface area contributed by atoms with E-state index in [1.54, 1.807) is 0 Å². The monoisotopic (exact) mass is 456 g/mol. The smallest absolute Gasteiger partial charge is 0.388 e. The normalized spacial score (nSPS) is 9.75. The van der Waals surface area contributed by atoms with Crippen molar-refractivity contribution in [3.05, 3.63) is 75.8 Å². The Bertz CT molecular complexity index is 1140. The number of rotatable bonds is 6. The lowest BCUT2D eigenvalue weighted by molar-refractivity contribution is -0.423. The van der Waals surface area contributed by atoms with E-state index < -0.39 is 77.0 Å². The number of non-ortho nitro benzene ring substituents is 1. The number of aromatic hydroxyl groups is 2. The summed E-state index contributed by atoms with van der Waals surface area (Å²) >= 11 is 0. The van der Waals surface area contributed by atoms with Gasteiger partial charge >= 0.3 is 29.0 Å². The van der Waals surface area contributed by atoms with Crippen LogP contribution in [0.15, 0.2) is 24.3 Å². The highest BCUT2D eigenvalue weighted by Crippen LogP contribution is 2.38. The Kier molecular flexibility index (Phi) is 7.22. The van der Waals surface area contributed by atoms with Gasteiger partial charge in [-0.25, -0.2) is 9.59 Å². The molecule has 168 valence electrons. The molecule has 0 fully saturated rings. The summed E-state index contributed by atoms with van der Waals surface area (Å²) in [5, 5.41) is 77.2. The molecule has 0 amide bonds. The summed E-state index contributed by atoms with van der Waals surface area (Å²) in [6.45, 7) is 0. The summed E-state index contributed by atoms with van der Waals surface area (Å²) in [5.41, 5.74) is -5.65.